The first-order valence-corrected chi connectivity index (χ1v) is 9.26. The molecule has 4 rings (SSSR count). The van der Waals surface area contributed by atoms with Crippen LogP contribution in [0.3, 0.4) is 0 Å². The third-order valence-corrected chi connectivity index (χ3v) is 4.80. The van der Waals surface area contributed by atoms with Gasteiger partial charge in [-0.2, -0.15) is 0 Å². The maximum Gasteiger partial charge on any atom is 0.256 e. The molecule has 1 aromatic heterocycles. The second-order valence-corrected chi connectivity index (χ2v) is 6.73. The highest BCUT2D eigenvalue weighted by Gasteiger charge is 2.22. The second kappa shape index (κ2) is 7.45. The fourth-order valence-electron chi connectivity index (χ4n) is 3.28. The van der Waals surface area contributed by atoms with Crippen molar-refractivity contribution in [3.63, 3.8) is 0 Å². The number of fused-ring (bicyclic) bond motifs is 2. The van der Waals surface area contributed by atoms with Gasteiger partial charge in [-0.05, 0) is 31.2 Å². The van der Waals surface area contributed by atoms with E-state index in [9.17, 15) is 4.79 Å². The minimum absolute atomic E-state index is 0.113. The largest absolute Gasteiger partial charge is 0.486 e. The van der Waals surface area contributed by atoms with Crippen LogP contribution in [-0.2, 0) is 6.54 Å². The third-order valence-electron chi connectivity index (χ3n) is 4.58. The zero-order valence-electron chi connectivity index (χ0n) is 14.9. The molecule has 2 aromatic carbocycles. The van der Waals surface area contributed by atoms with Crippen LogP contribution in [0.4, 0.5) is 0 Å². The van der Waals surface area contributed by atoms with Gasteiger partial charge in [0.15, 0.2) is 11.5 Å². The Morgan fingerprint density at radius 1 is 1.19 bits per heavy atom. The van der Waals surface area contributed by atoms with Crippen LogP contribution in [0.2, 0.25) is 5.02 Å². The minimum atomic E-state index is -0.113. The van der Waals surface area contributed by atoms with Crippen molar-refractivity contribution in [2.24, 2.45) is 0 Å². The van der Waals surface area contributed by atoms with E-state index < -0.39 is 0 Å². The molecule has 0 bridgehead atoms. The smallest absolute Gasteiger partial charge is 0.256 e. The molecule has 138 valence electrons. The standard InChI is InChI=1S/C21H19ClN2O3/c1-2-24(13-15-5-3-7-18-20(15)27-10-9-26-18)21(25)17-12-16(22)11-14-6-4-8-23-19(14)17/h3-8,11-12H,2,9-10,13H2,1H3. The number of amides is 1. The number of carbonyl (C=O) groups excluding carboxylic acids is 1. The average Bonchev–Trinajstić information content (AvgIpc) is 2.71. The number of aromatic nitrogens is 1. The highest BCUT2D eigenvalue weighted by Crippen LogP contribution is 2.34. The number of pyridine rings is 1. The predicted molar refractivity (Wildman–Crippen MR) is 105 cm³/mol. The van der Waals surface area contributed by atoms with E-state index in [0.29, 0.717) is 48.2 Å². The van der Waals surface area contributed by atoms with Crippen molar-refractivity contribution < 1.29 is 14.3 Å². The van der Waals surface area contributed by atoms with E-state index in [1.807, 2.05) is 43.3 Å². The zero-order chi connectivity index (χ0) is 18.8. The molecule has 1 aliphatic heterocycles. The van der Waals surface area contributed by atoms with E-state index in [-0.39, 0.29) is 5.91 Å². The number of nitrogens with zero attached hydrogens (tertiary/aromatic N) is 2. The molecule has 1 aliphatic rings. The lowest BCUT2D eigenvalue weighted by Crippen LogP contribution is -2.31. The minimum Gasteiger partial charge on any atom is -0.486 e. The van der Waals surface area contributed by atoms with E-state index in [1.54, 1.807) is 17.2 Å². The molecule has 3 aromatic rings. The molecule has 6 heteroatoms. The summed E-state index contributed by atoms with van der Waals surface area (Å²) in [5.74, 6) is 1.32. The van der Waals surface area contributed by atoms with Crippen LogP contribution in [0.25, 0.3) is 10.9 Å². The van der Waals surface area contributed by atoms with Gasteiger partial charge in [0.1, 0.15) is 13.2 Å². The third kappa shape index (κ3) is 3.43. The predicted octanol–water partition coefficient (Wildman–Crippen LogP) is 4.32. The molecule has 0 saturated heterocycles. The van der Waals surface area contributed by atoms with Gasteiger partial charge in [-0.15, -0.1) is 0 Å². The van der Waals surface area contributed by atoms with Crippen LogP contribution >= 0.6 is 11.6 Å². The monoisotopic (exact) mass is 382 g/mol. The Hall–Kier alpha value is -2.79. The van der Waals surface area contributed by atoms with Crippen LogP contribution in [0.15, 0.2) is 48.7 Å². The quantitative estimate of drug-likeness (QED) is 0.674. The van der Waals surface area contributed by atoms with Crippen molar-refractivity contribution in [3.05, 3.63) is 64.8 Å². The molecule has 0 N–H and O–H groups in total. The van der Waals surface area contributed by atoms with Gasteiger partial charge in [-0.1, -0.05) is 29.8 Å². The summed E-state index contributed by atoms with van der Waals surface area (Å²) in [6, 6.07) is 13.0. The summed E-state index contributed by atoms with van der Waals surface area (Å²) in [6.45, 7) is 3.96. The first kappa shape index (κ1) is 17.6. The van der Waals surface area contributed by atoms with Crippen molar-refractivity contribution in [1.29, 1.82) is 0 Å². The Bertz CT molecular complexity index is 1010. The van der Waals surface area contributed by atoms with E-state index >= 15 is 0 Å². The van der Waals surface area contributed by atoms with Gasteiger partial charge in [-0.25, -0.2) is 0 Å². The zero-order valence-corrected chi connectivity index (χ0v) is 15.7. The van der Waals surface area contributed by atoms with Crippen molar-refractivity contribution >= 4 is 28.4 Å². The molecule has 27 heavy (non-hydrogen) atoms. The summed E-state index contributed by atoms with van der Waals surface area (Å²) in [5.41, 5.74) is 2.07. The number of hydrogen-bond donors (Lipinski definition) is 0. The topological polar surface area (TPSA) is 51.7 Å². The molecule has 2 heterocycles. The fourth-order valence-corrected chi connectivity index (χ4v) is 3.51. The lowest BCUT2D eigenvalue weighted by molar-refractivity contribution is 0.0751. The van der Waals surface area contributed by atoms with Gasteiger partial charge in [0.25, 0.3) is 5.91 Å². The van der Waals surface area contributed by atoms with Gasteiger partial charge in [0.05, 0.1) is 11.1 Å². The van der Waals surface area contributed by atoms with Gasteiger partial charge in [0.2, 0.25) is 0 Å². The Kier molecular flexibility index (Phi) is 4.86. The highest BCUT2D eigenvalue weighted by molar-refractivity contribution is 6.32. The van der Waals surface area contributed by atoms with Gasteiger partial charge >= 0.3 is 0 Å². The first-order valence-electron chi connectivity index (χ1n) is 8.88. The number of hydrogen-bond acceptors (Lipinski definition) is 4. The number of ether oxygens (including phenoxy) is 2. The molecule has 0 aliphatic carbocycles. The van der Waals surface area contributed by atoms with Gasteiger partial charge in [-0.3, -0.25) is 9.78 Å². The Morgan fingerprint density at radius 2 is 2.04 bits per heavy atom. The molecule has 0 radical (unpaired) electrons. The van der Waals surface area contributed by atoms with E-state index in [0.717, 1.165) is 16.7 Å². The molecular weight excluding hydrogens is 364 g/mol. The molecule has 0 saturated carbocycles. The van der Waals surface area contributed by atoms with Crippen LogP contribution in [0, 0.1) is 0 Å². The van der Waals surface area contributed by atoms with Gasteiger partial charge < -0.3 is 14.4 Å². The molecule has 0 fully saturated rings. The fraction of sp³-hybridized carbons (Fsp3) is 0.238. The maximum absolute atomic E-state index is 13.3. The Labute approximate surface area is 162 Å². The number of benzene rings is 2. The van der Waals surface area contributed by atoms with E-state index in [4.69, 9.17) is 21.1 Å². The van der Waals surface area contributed by atoms with Crippen LogP contribution < -0.4 is 9.47 Å². The summed E-state index contributed by atoms with van der Waals surface area (Å²) < 4.78 is 11.4. The lowest BCUT2D eigenvalue weighted by Gasteiger charge is -2.25. The average molecular weight is 383 g/mol. The molecule has 1 amide bonds. The number of rotatable bonds is 4. The highest BCUT2D eigenvalue weighted by atomic mass is 35.5. The number of para-hydroxylation sites is 1. The molecule has 0 unspecified atom stereocenters. The summed E-state index contributed by atoms with van der Waals surface area (Å²) in [6.07, 6.45) is 1.68. The SMILES string of the molecule is CCN(Cc1cccc2c1OCCO2)C(=O)c1cc(Cl)cc2cccnc12. The first-order chi connectivity index (χ1) is 13.2. The van der Waals surface area contributed by atoms with E-state index in [1.165, 1.54) is 0 Å². The number of halogens is 1. The summed E-state index contributed by atoms with van der Waals surface area (Å²) >= 11 is 6.24. The summed E-state index contributed by atoms with van der Waals surface area (Å²) in [4.78, 5) is 19.4. The Morgan fingerprint density at radius 3 is 2.89 bits per heavy atom. The van der Waals surface area contributed by atoms with Crippen molar-refractivity contribution in [2.45, 2.75) is 13.5 Å². The lowest BCUT2D eigenvalue weighted by atomic mass is 10.1. The van der Waals surface area contributed by atoms with Crippen molar-refractivity contribution in [1.82, 2.24) is 9.88 Å². The Balaban J connectivity index is 1.69. The van der Waals surface area contributed by atoms with Crippen LogP contribution in [0.5, 0.6) is 11.5 Å². The second-order valence-electron chi connectivity index (χ2n) is 6.29. The van der Waals surface area contributed by atoms with Crippen LogP contribution in [-0.4, -0.2) is 35.5 Å². The summed E-state index contributed by atoms with van der Waals surface area (Å²) in [7, 11) is 0. The van der Waals surface area contributed by atoms with E-state index in [2.05, 4.69) is 4.98 Å². The molecule has 5 nitrogen and oxygen atoms in total. The maximum atomic E-state index is 13.3. The molecule has 0 atom stereocenters. The number of carbonyl (C=O) groups is 1. The van der Waals surface area contributed by atoms with Crippen molar-refractivity contribution in [2.75, 3.05) is 19.8 Å². The van der Waals surface area contributed by atoms with Gasteiger partial charge in [0, 0.05) is 35.3 Å². The van der Waals surface area contributed by atoms with Crippen molar-refractivity contribution in [3.8, 4) is 11.5 Å². The normalized spacial score (nSPS) is 12.8. The molecule has 0 spiro atoms. The molecular formula is C21H19ClN2O3. The van der Waals surface area contributed by atoms with Crippen LogP contribution in [0.1, 0.15) is 22.8 Å². The summed E-state index contributed by atoms with van der Waals surface area (Å²) in [5, 5.41) is 1.36.